The Balaban J connectivity index is 1.78. The SMILES string of the molecule is Cc1ccc(OCC(=O)NCCN(C)S(=O)(=O)c2ccc(C)cc2)cc1. The highest BCUT2D eigenvalue weighted by atomic mass is 32.2. The minimum Gasteiger partial charge on any atom is -0.484 e. The maximum absolute atomic E-state index is 12.4. The summed E-state index contributed by atoms with van der Waals surface area (Å²) in [6.07, 6.45) is 0. The molecule has 2 aromatic carbocycles. The Labute approximate surface area is 154 Å². The standard InChI is InChI=1S/C19H24N2O4S/c1-15-4-8-17(9-5-15)25-14-19(22)20-12-13-21(3)26(23,24)18-10-6-16(2)7-11-18/h4-11H,12-14H2,1-3H3,(H,20,22). The van der Waals surface area contributed by atoms with E-state index in [1.54, 1.807) is 36.4 Å². The van der Waals surface area contributed by atoms with E-state index in [0.29, 0.717) is 5.75 Å². The molecule has 1 N–H and O–H groups in total. The molecule has 0 heterocycles. The van der Waals surface area contributed by atoms with E-state index in [-0.39, 0.29) is 30.5 Å². The molecule has 0 aromatic heterocycles. The van der Waals surface area contributed by atoms with Gasteiger partial charge in [-0.15, -0.1) is 0 Å². The molecular weight excluding hydrogens is 352 g/mol. The van der Waals surface area contributed by atoms with Gasteiger partial charge in [0.15, 0.2) is 6.61 Å². The molecule has 0 saturated heterocycles. The number of hydrogen-bond donors (Lipinski definition) is 1. The number of carbonyl (C=O) groups excluding carboxylic acids is 1. The van der Waals surface area contributed by atoms with Crippen LogP contribution >= 0.6 is 0 Å². The van der Waals surface area contributed by atoms with Crippen LogP contribution in [-0.4, -0.2) is 45.4 Å². The van der Waals surface area contributed by atoms with E-state index < -0.39 is 10.0 Å². The molecule has 0 unspecified atom stereocenters. The van der Waals surface area contributed by atoms with Gasteiger partial charge in [0, 0.05) is 20.1 Å². The van der Waals surface area contributed by atoms with Gasteiger partial charge in [-0.3, -0.25) is 4.79 Å². The summed E-state index contributed by atoms with van der Waals surface area (Å²) >= 11 is 0. The van der Waals surface area contributed by atoms with Crippen LogP contribution in [0.15, 0.2) is 53.4 Å². The first-order valence-electron chi connectivity index (χ1n) is 8.28. The van der Waals surface area contributed by atoms with Crippen molar-refractivity contribution in [1.29, 1.82) is 0 Å². The zero-order valence-electron chi connectivity index (χ0n) is 15.2. The first-order valence-corrected chi connectivity index (χ1v) is 9.72. The van der Waals surface area contributed by atoms with Gasteiger partial charge in [-0.1, -0.05) is 35.4 Å². The fraction of sp³-hybridized carbons (Fsp3) is 0.316. The van der Waals surface area contributed by atoms with Gasteiger partial charge in [0.05, 0.1) is 4.90 Å². The molecular formula is C19H24N2O4S. The lowest BCUT2D eigenvalue weighted by Gasteiger charge is -2.17. The number of nitrogens with zero attached hydrogens (tertiary/aromatic N) is 1. The Morgan fingerprint density at radius 3 is 2.12 bits per heavy atom. The number of benzene rings is 2. The van der Waals surface area contributed by atoms with Crippen molar-refractivity contribution in [3.05, 3.63) is 59.7 Å². The molecule has 0 radical (unpaired) electrons. The smallest absolute Gasteiger partial charge is 0.257 e. The predicted molar refractivity (Wildman–Crippen MR) is 101 cm³/mol. The Kier molecular flexibility index (Phi) is 6.76. The molecule has 0 spiro atoms. The molecule has 0 fully saturated rings. The van der Waals surface area contributed by atoms with Gasteiger partial charge in [-0.2, -0.15) is 4.31 Å². The quantitative estimate of drug-likeness (QED) is 0.766. The number of ether oxygens (including phenoxy) is 1. The molecule has 26 heavy (non-hydrogen) atoms. The number of hydrogen-bond acceptors (Lipinski definition) is 4. The lowest BCUT2D eigenvalue weighted by Crippen LogP contribution is -2.37. The van der Waals surface area contributed by atoms with Crippen molar-refractivity contribution in [3.63, 3.8) is 0 Å². The Bertz CT molecular complexity index is 831. The zero-order valence-corrected chi connectivity index (χ0v) is 16.0. The summed E-state index contributed by atoms with van der Waals surface area (Å²) in [7, 11) is -2.07. The third-order valence-electron chi connectivity index (χ3n) is 3.87. The molecule has 2 aromatic rings. The van der Waals surface area contributed by atoms with E-state index in [0.717, 1.165) is 11.1 Å². The van der Waals surface area contributed by atoms with E-state index in [9.17, 15) is 13.2 Å². The monoisotopic (exact) mass is 376 g/mol. The Morgan fingerprint density at radius 1 is 1.00 bits per heavy atom. The van der Waals surface area contributed by atoms with Crippen LogP contribution in [0.5, 0.6) is 5.75 Å². The highest BCUT2D eigenvalue weighted by molar-refractivity contribution is 7.89. The molecule has 0 saturated carbocycles. The number of amides is 1. The molecule has 0 atom stereocenters. The van der Waals surface area contributed by atoms with Gasteiger partial charge in [0.1, 0.15) is 5.75 Å². The number of carbonyl (C=O) groups is 1. The average Bonchev–Trinajstić information content (AvgIpc) is 2.61. The molecule has 0 aliphatic rings. The van der Waals surface area contributed by atoms with E-state index in [1.807, 2.05) is 26.0 Å². The van der Waals surface area contributed by atoms with Crippen LogP contribution in [0, 0.1) is 13.8 Å². The van der Waals surface area contributed by atoms with Gasteiger partial charge in [0.25, 0.3) is 5.91 Å². The topological polar surface area (TPSA) is 75.7 Å². The van der Waals surface area contributed by atoms with Crippen LogP contribution in [0.1, 0.15) is 11.1 Å². The summed E-state index contributed by atoms with van der Waals surface area (Å²) in [5, 5.41) is 2.66. The second-order valence-corrected chi connectivity index (χ2v) is 8.14. The van der Waals surface area contributed by atoms with Crippen molar-refractivity contribution in [2.75, 3.05) is 26.7 Å². The second-order valence-electron chi connectivity index (χ2n) is 6.09. The van der Waals surface area contributed by atoms with Crippen molar-refractivity contribution >= 4 is 15.9 Å². The molecule has 6 nitrogen and oxygen atoms in total. The Hall–Kier alpha value is -2.38. The number of aryl methyl sites for hydroxylation is 2. The highest BCUT2D eigenvalue weighted by Crippen LogP contribution is 2.14. The summed E-state index contributed by atoms with van der Waals surface area (Å²) < 4.78 is 31.5. The molecule has 0 bridgehead atoms. The van der Waals surface area contributed by atoms with Crippen LogP contribution < -0.4 is 10.1 Å². The maximum atomic E-state index is 12.4. The summed E-state index contributed by atoms with van der Waals surface area (Å²) in [4.78, 5) is 12.1. The minimum atomic E-state index is -3.56. The van der Waals surface area contributed by atoms with Gasteiger partial charge in [-0.05, 0) is 38.1 Å². The van der Waals surface area contributed by atoms with Gasteiger partial charge < -0.3 is 10.1 Å². The average molecular weight is 376 g/mol. The van der Waals surface area contributed by atoms with Crippen LogP contribution in [0.3, 0.4) is 0 Å². The predicted octanol–water partition coefficient (Wildman–Crippen LogP) is 2.12. The Morgan fingerprint density at radius 2 is 1.54 bits per heavy atom. The van der Waals surface area contributed by atoms with Crippen molar-refractivity contribution in [2.24, 2.45) is 0 Å². The minimum absolute atomic E-state index is 0.114. The van der Waals surface area contributed by atoms with Crippen molar-refractivity contribution in [2.45, 2.75) is 18.7 Å². The highest BCUT2D eigenvalue weighted by Gasteiger charge is 2.20. The number of likely N-dealkylation sites (N-methyl/N-ethyl adjacent to an activating group) is 1. The van der Waals surface area contributed by atoms with Crippen LogP contribution in [0.2, 0.25) is 0 Å². The largest absolute Gasteiger partial charge is 0.484 e. The third-order valence-corrected chi connectivity index (χ3v) is 5.74. The number of sulfonamides is 1. The molecule has 0 aliphatic carbocycles. The number of nitrogens with one attached hydrogen (secondary N) is 1. The molecule has 7 heteroatoms. The molecule has 2 rings (SSSR count). The van der Waals surface area contributed by atoms with Crippen LogP contribution in [0.4, 0.5) is 0 Å². The first kappa shape index (κ1) is 19.9. The lowest BCUT2D eigenvalue weighted by molar-refractivity contribution is -0.123. The van der Waals surface area contributed by atoms with E-state index in [4.69, 9.17) is 4.74 Å². The van der Waals surface area contributed by atoms with E-state index >= 15 is 0 Å². The van der Waals surface area contributed by atoms with E-state index in [2.05, 4.69) is 5.32 Å². The van der Waals surface area contributed by atoms with Crippen LogP contribution in [-0.2, 0) is 14.8 Å². The molecule has 140 valence electrons. The van der Waals surface area contributed by atoms with Crippen LogP contribution in [0.25, 0.3) is 0 Å². The van der Waals surface area contributed by atoms with Gasteiger partial charge >= 0.3 is 0 Å². The van der Waals surface area contributed by atoms with Gasteiger partial charge in [0.2, 0.25) is 10.0 Å². The second kappa shape index (κ2) is 8.82. The molecule has 0 aliphatic heterocycles. The number of rotatable bonds is 8. The summed E-state index contributed by atoms with van der Waals surface area (Å²) in [6.45, 7) is 4.13. The lowest BCUT2D eigenvalue weighted by atomic mass is 10.2. The third kappa shape index (κ3) is 5.57. The first-order chi connectivity index (χ1) is 12.3. The van der Waals surface area contributed by atoms with Crippen molar-refractivity contribution in [1.82, 2.24) is 9.62 Å². The van der Waals surface area contributed by atoms with E-state index in [1.165, 1.54) is 11.4 Å². The van der Waals surface area contributed by atoms with Gasteiger partial charge in [-0.25, -0.2) is 8.42 Å². The maximum Gasteiger partial charge on any atom is 0.257 e. The van der Waals surface area contributed by atoms with Crippen molar-refractivity contribution in [3.8, 4) is 5.75 Å². The van der Waals surface area contributed by atoms with Crippen molar-refractivity contribution < 1.29 is 17.9 Å². The summed E-state index contributed by atoms with van der Waals surface area (Å²) in [5.41, 5.74) is 2.10. The summed E-state index contributed by atoms with van der Waals surface area (Å²) in [5.74, 6) is 0.316. The molecule has 1 amide bonds. The zero-order chi connectivity index (χ0) is 19.2. The normalized spacial score (nSPS) is 11.4. The fourth-order valence-electron chi connectivity index (χ4n) is 2.20. The fourth-order valence-corrected chi connectivity index (χ4v) is 3.37. The summed E-state index contributed by atoms with van der Waals surface area (Å²) in [6, 6.07) is 14.1.